The van der Waals surface area contributed by atoms with Crippen LogP contribution in [0.3, 0.4) is 0 Å². The second-order valence-corrected chi connectivity index (χ2v) is 6.90. The molecule has 0 spiro atoms. The highest BCUT2D eigenvalue weighted by Crippen LogP contribution is 2.28. The molecule has 0 aliphatic rings. The number of alkyl halides is 1. The topological polar surface area (TPSA) is 3.24 Å². The number of anilines is 1. The van der Waals surface area contributed by atoms with Gasteiger partial charge in [-0.15, -0.1) is 11.3 Å². The Bertz CT molecular complexity index is 542. The van der Waals surface area contributed by atoms with Crippen LogP contribution in [-0.2, 0) is 11.9 Å². The fourth-order valence-electron chi connectivity index (χ4n) is 1.79. The molecule has 0 aliphatic carbocycles. The predicted octanol–water partition coefficient (Wildman–Crippen LogP) is 5.70. The van der Waals surface area contributed by atoms with Crippen LogP contribution in [0.25, 0.3) is 0 Å². The fraction of sp³-hybridized carbons (Fsp3) is 0.231. The van der Waals surface area contributed by atoms with Crippen LogP contribution in [-0.4, -0.2) is 7.05 Å². The third kappa shape index (κ3) is 3.50. The van der Waals surface area contributed by atoms with Gasteiger partial charge in [-0.25, -0.2) is 0 Å². The van der Waals surface area contributed by atoms with Crippen LogP contribution in [0.2, 0.25) is 5.02 Å². The Morgan fingerprint density at radius 2 is 2.11 bits per heavy atom. The van der Waals surface area contributed by atoms with Crippen molar-refractivity contribution in [3.05, 3.63) is 49.6 Å². The third-order valence-corrected chi connectivity index (χ3v) is 5.13. The van der Waals surface area contributed by atoms with Crippen LogP contribution >= 0.6 is 54.8 Å². The van der Waals surface area contributed by atoms with Gasteiger partial charge in [-0.2, -0.15) is 0 Å². The van der Waals surface area contributed by atoms with Gasteiger partial charge in [0, 0.05) is 37.8 Å². The largest absolute Gasteiger partial charge is 0.369 e. The summed E-state index contributed by atoms with van der Waals surface area (Å²) in [5.74, 6) is 0. The van der Waals surface area contributed by atoms with Crippen LogP contribution in [0.15, 0.2) is 34.1 Å². The van der Waals surface area contributed by atoms with E-state index in [1.165, 1.54) is 16.1 Å². The van der Waals surface area contributed by atoms with Crippen molar-refractivity contribution in [2.45, 2.75) is 11.9 Å². The molecular weight excluding hydrogens is 397 g/mol. The number of hydrogen-bond donors (Lipinski definition) is 0. The first-order valence-corrected chi connectivity index (χ1v) is 8.56. The van der Waals surface area contributed by atoms with Crippen LogP contribution < -0.4 is 4.90 Å². The standard InChI is InChI=1S/C13H12Br2ClNS/c1-17(7-12-5-10(15)8-18-12)13-3-2-11(16)4-9(13)6-14/h2-5,8H,6-7H2,1H3. The van der Waals surface area contributed by atoms with Crippen molar-refractivity contribution in [2.75, 3.05) is 11.9 Å². The summed E-state index contributed by atoms with van der Waals surface area (Å²) in [5.41, 5.74) is 2.42. The maximum Gasteiger partial charge on any atom is 0.0520 e. The summed E-state index contributed by atoms with van der Waals surface area (Å²) in [6.07, 6.45) is 0. The highest BCUT2D eigenvalue weighted by molar-refractivity contribution is 9.10. The summed E-state index contributed by atoms with van der Waals surface area (Å²) in [7, 11) is 2.10. The fourth-order valence-corrected chi connectivity index (χ4v) is 3.94. The summed E-state index contributed by atoms with van der Waals surface area (Å²) in [4.78, 5) is 3.57. The molecule has 0 N–H and O–H groups in total. The maximum atomic E-state index is 6.02. The summed E-state index contributed by atoms with van der Waals surface area (Å²) >= 11 is 14.8. The molecule has 18 heavy (non-hydrogen) atoms. The molecule has 0 atom stereocenters. The van der Waals surface area contributed by atoms with Gasteiger partial charge in [0.05, 0.1) is 6.54 Å². The van der Waals surface area contributed by atoms with E-state index in [0.717, 1.165) is 21.4 Å². The van der Waals surface area contributed by atoms with E-state index in [0.29, 0.717) is 0 Å². The Hall–Kier alpha value is -0.0300. The number of nitrogens with zero attached hydrogens (tertiary/aromatic N) is 1. The highest BCUT2D eigenvalue weighted by atomic mass is 79.9. The van der Waals surface area contributed by atoms with Crippen molar-refractivity contribution in [1.82, 2.24) is 0 Å². The molecule has 1 aromatic heterocycles. The molecule has 0 aliphatic heterocycles. The molecule has 0 amide bonds. The van der Waals surface area contributed by atoms with E-state index in [4.69, 9.17) is 11.6 Å². The molecule has 0 unspecified atom stereocenters. The van der Waals surface area contributed by atoms with E-state index in [1.807, 2.05) is 12.1 Å². The molecule has 0 saturated heterocycles. The van der Waals surface area contributed by atoms with Gasteiger partial charge in [0.15, 0.2) is 0 Å². The molecule has 96 valence electrons. The van der Waals surface area contributed by atoms with Gasteiger partial charge in [-0.3, -0.25) is 0 Å². The van der Waals surface area contributed by atoms with E-state index in [1.54, 1.807) is 11.3 Å². The smallest absolute Gasteiger partial charge is 0.0520 e. The zero-order valence-electron chi connectivity index (χ0n) is 9.79. The molecular formula is C13H12Br2ClNS. The molecule has 1 nitrogen and oxygen atoms in total. The molecule has 0 fully saturated rings. The normalized spacial score (nSPS) is 10.7. The number of rotatable bonds is 4. The second-order valence-electron chi connectivity index (χ2n) is 3.99. The lowest BCUT2D eigenvalue weighted by molar-refractivity contribution is 0.933. The van der Waals surface area contributed by atoms with E-state index in [9.17, 15) is 0 Å². The predicted molar refractivity (Wildman–Crippen MR) is 88.2 cm³/mol. The van der Waals surface area contributed by atoms with Crippen molar-refractivity contribution < 1.29 is 0 Å². The summed E-state index contributed by atoms with van der Waals surface area (Å²) in [5, 5.41) is 3.69. The average molecular weight is 410 g/mol. The minimum Gasteiger partial charge on any atom is -0.369 e. The molecule has 1 aromatic carbocycles. The van der Waals surface area contributed by atoms with Gasteiger partial charge < -0.3 is 4.90 Å². The van der Waals surface area contributed by atoms with Gasteiger partial charge in [-0.05, 0) is 45.8 Å². The minimum absolute atomic E-state index is 0.778. The van der Waals surface area contributed by atoms with Crippen molar-refractivity contribution in [1.29, 1.82) is 0 Å². The van der Waals surface area contributed by atoms with Crippen LogP contribution in [0.1, 0.15) is 10.4 Å². The SMILES string of the molecule is CN(Cc1cc(Br)cs1)c1ccc(Cl)cc1CBr. The Morgan fingerprint density at radius 3 is 2.72 bits per heavy atom. The number of thiophene rings is 1. The quantitative estimate of drug-likeness (QED) is 0.586. The first-order chi connectivity index (χ1) is 8.60. The number of benzene rings is 1. The van der Waals surface area contributed by atoms with Gasteiger partial charge in [0.1, 0.15) is 0 Å². The summed E-state index contributed by atoms with van der Waals surface area (Å²) < 4.78 is 1.15. The Morgan fingerprint density at radius 1 is 1.33 bits per heavy atom. The van der Waals surface area contributed by atoms with E-state index >= 15 is 0 Å². The van der Waals surface area contributed by atoms with E-state index in [-0.39, 0.29) is 0 Å². The molecule has 5 heteroatoms. The van der Waals surface area contributed by atoms with Gasteiger partial charge in [-0.1, -0.05) is 27.5 Å². The zero-order chi connectivity index (χ0) is 13.1. The van der Waals surface area contributed by atoms with E-state index in [2.05, 4.69) is 61.3 Å². The zero-order valence-corrected chi connectivity index (χ0v) is 14.5. The Balaban J connectivity index is 2.20. The Kier molecular flexibility index (Phi) is 5.13. The third-order valence-electron chi connectivity index (χ3n) is 2.61. The van der Waals surface area contributed by atoms with Crippen LogP contribution in [0, 0.1) is 0 Å². The van der Waals surface area contributed by atoms with Crippen LogP contribution in [0.4, 0.5) is 5.69 Å². The molecule has 2 rings (SSSR count). The Labute approximate surface area is 133 Å². The summed E-state index contributed by atoms with van der Waals surface area (Å²) in [6.45, 7) is 0.901. The first-order valence-electron chi connectivity index (χ1n) is 5.38. The van der Waals surface area contributed by atoms with Gasteiger partial charge >= 0.3 is 0 Å². The number of hydrogen-bond acceptors (Lipinski definition) is 2. The lowest BCUT2D eigenvalue weighted by atomic mass is 10.2. The molecule has 1 heterocycles. The van der Waals surface area contributed by atoms with Crippen molar-refractivity contribution >= 4 is 60.5 Å². The number of halogens is 3. The van der Waals surface area contributed by atoms with Crippen LogP contribution in [0.5, 0.6) is 0 Å². The van der Waals surface area contributed by atoms with Gasteiger partial charge in [0.2, 0.25) is 0 Å². The van der Waals surface area contributed by atoms with Gasteiger partial charge in [0.25, 0.3) is 0 Å². The minimum atomic E-state index is 0.778. The summed E-state index contributed by atoms with van der Waals surface area (Å²) in [6, 6.07) is 8.17. The van der Waals surface area contributed by atoms with Crippen molar-refractivity contribution in [3.8, 4) is 0 Å². The first kappa shape index (κ1) is 14.4. The second kappa shape index (κ2) is 6.42. The van der Waals surface area contributed by atoms with Crippen molar-refractivity contribution in [3.63, 3.8) is 0 Å². The lowest BCUT2D eigenvalue weighted by Crippen LogP contribution is -2.17. The molecule has 0 bridgehead atoms. The average Bonchev–Trinajstić information content (AvgIpc) is 2.74. The van der Waals surface area contributed by atoms with E-state index < -0.39 is 0 Å². The maximum absolute atomic E-state index is 6.02. The monoisotopic (exact) mass is 407 g/mol. The van der Waals surface area contributed by atoms with Crippen molar-refractivity contribution in [2.24, 2.45) is 0 Å². The molecule has 2 aromatic rings. The lowest BCUT2D eigenvalue weighted by Gasteiger charge is -2.21. The molecule has 0 radical (unpaired) electrons. The highest BCUT2D eigenvalue weighted by Gasteiger charge is 2.09. The molecule has 0 saturated carbocycles.